The minimum atomic E-state index is -1.54. The average Bonchev–Trinajstić information content (AvgIpc) is 3.23. The fraction of sp³-hybridized carbons (Fsp3) is 0.750. The van der Waals surface area contributed by atoms with Crippen molar-refractivity contribution in [3.05, 3.63) is 0 Å². The molecule has 0 aliphatic carbocycles. The number of unbranched alkanes of at least 4 members (excludes halogenated alkanes) is 1. The largest absolute Gasteiger partial charge is 0.480 e. The molecule has 1 aliphatic heterocycles. The molecule has 1 fully saturated rings. The lowest BCUT2D eigenvalue weighted by atomic mass is 10.1. The molecule has 0 spiro atoms. The number of likely N-dealkylation sites (tertiary alicyclic amines) is 1. The van der Waals surface area contributed by atoms with Crippen molar-refractivity contribution in [3.63, 3.8) is 0 Å². The van der Waals surface area contributed by atoms with E-state index in [1.165, 1.54) is 11.8 Å². The molecule has 0 saturated carbocycles. The Labute approximate surface area is 192 Å². The zero-order chi connectivity index (χ0) is 25.1. The molecule has 1 aliphatic rings. The Morgan fingerprint density at radius 2 is 1.79 bits per heavy atom. The van der Waals surface area contributed by atoms with Crippen LogP contribution in [0.3, 0.4) is 0 Å². The van der Waals surface area contributed by atoms with E-state index in [-0.39, 0.29) is 25.8 Å². The van der Waals surface area contributed by atoms with E-state index in [9.17, 15) is 34.2 Å². The van der Waals surface area contributed by atoms with Gasteiger partial charge in [-0.05, 0) is 45.6 Å². The Balaban J connectivity index is 2.93. The highest BCUT2D eigenvalue weighted by Gasteiger charge is 2.39. The highest BCUT2D eigenvalue weighted by Crippen LogP contribution is 2.20. The molecule has 33 heavy (non-hydrogen) atoms. The van der Waals surface area contributed by atoms with E-state index in [1.54, 1.807) is 0 Å². The number of aliphatic carboxylic acids is 1. The van der Waals surface area contributed by atoms with E-state index in [0.29, 0.717) is 32.2 Å². The van der Waals surface area contributed by atoms with Crippen molar-refractivity contribution in [3.8, 4) is 0 Å². The van der Waals surface area contributed by atoms with Crippen LogP contribution in [0, 0.1) is 0 Å². The molecule has 10 N–H and O–H groups in total. The van der Waals surface area contributed by atoms with Gasteiger partial charge in [0.05, 0.1) is 12.1 Å². The summed E-state index contributed by atoms with van der Waals surface area (Å²) in [5.74, 6) is -3.97. The standard InChI is InChI=1S/C20H36N6O7/c1-11(27)16(20(32)33)25-18(30)14-6-4-10-26(14)19(31)13(7-8-15(23)28)24-17(29)12(22)5-2-3-9-21/h11-14,16,27H,2-10,21-22H2,1H3,(H2,23,28)(H,24,29)(H,25,30)(H,32,33). The fourth-order valence-electron chi connectivity index (χ4n) is 3.60. The zero-order valence-corrected chi connectivity index (χ0v) is 18.9. The Kier molecular flexibility index (Phi) is 11.7. The van der Waals surface area contributed by atoms with E-state index in [4.69, 9.17) is 17.2 Å². The van der Waals surface area contributed by atoms with Gasteiger partial charge < -0.3 is 42.9 Å². The molecule has 0 aromatic heterocycles. The van der Waals surface area contributed by atoms with Crippen LogP contribution >= 0.6 is 0 Å². The summed E-state index contributed by atoms with van der Waals surface area (Å²) in [6.07, 6.45) is 0.847. The second-order valence-electron chi connectivity index (χ2n) is 8.21. The number of aliphatic hydroxyl groups excluding tert-OH is 1. The minimum absolute atomic E-state index is 0.0777. The van der Waals surface area contributed by atoms with Crippen molar-refractivity contribution in [1.82, 2.24) is 15.5 Å². The number of carboxylic acids is 1. The summed E-state index contributed by atoms with van der Waals surface area (Å²) in [5, 5.41) is 23.6. The molecule has 0 bridgehead atoms. The maximum atomic E-state index is 13.2. The first kappa shape index (κ1) is 28.3. The van der Waals surface area contributed by atoms with Gasteiger partial charge in [0.2, 0.25) is 23.6 Å². The third-order valence-electron chi connectivity index (χ3n) is 5.48. The van der Waals surface area contributed by atoms with E-state index < -0.39 is 59.9 Å². The van der Waals surface area contributed by atoms with Crippen molar-refractivity contribution in [2.45, 2.75) is 82.1 Å². The Morgan fingerprint density at radius 1 is 1.12 bits per heavy atom. The van der Waals surface area contributed by atoms with Gasteiger partial charge in [0.1, 0.15) is 12.1 Å². The van der Waals surface area contributed by atoms with Gasteiger partial charge in [-0.1, -0.05) is 6.42 Å². The number of nitrogens with one attached hydrogen (secondary N) is 2. The maximum absolute atomic E-state index is 13.2. The molecule has 4 amide bonds. The van der Waals surface area contributed by atoms with Crippen molar-refractivity contribution < 1.29 is 34.2 Å². The first-order chi connectivity index (χ1) is 15.5. The zero-order valence-electron chi connectivity index (χ0n) is 18.9. The Morgan fingerprint density at radius 3 is 2.33 bits per heavy atom. The van der Waals surface area contributed by atoms with Crippen LogP contribution in [0.2, 0.25) is 0 Å². The first-order valence-corrected chi connectivity index (χ1v) is 11.1. The lowest BCUT2D eigenvalue weighted by molar-refractivity contribution is -0.147. The number of nitrogens with two attached hydrogens (primary N) is 3. The van der Waals surface area contributed by atoms with E-state index in [0.717, 1.165) is 0 Å². The lowest BCUT2D eigenvalue weighted by Gasteiger charge is -2.30. The molecule has 5 atom stereocenters. The van der Waals surface area contributed by atoms with Gasteiger partial charge in [-0.2, -0.15) is 0 Å². The predicted octanol–water partition coefficient (Wildman–Crippen LogP) is -2.87. The van der Waals surface area contributed by atoms with Gasteiger partial charge in [0, 0.05) is 13.0 Å². The molecular weight excluding hydrogens is 436 g/mol. The monoisotopic (exact) mass is 472 g/mol. The number of rotatable bonds is 14. The van der Waals surface area contributed by atoms with Crippen molar-refractivity contribution in [1.29, 1.82) is 0 Å². The average molecular weight is 473 g/mol. The number of aliphatic hydroxyl groups is 1. The number of carboxylic acid groups (broad SMARTS) is 1. The molecule has 1 saturated heterocycles. The first-order valence-electron chi connectivity index (χ1n) is 11.1. The molecule has 0 aromatic carbocycles. The quantitative estimate of drug-likeness (QED) is 0.129. The van der Waals surface area contributed by atoms with Gasteiger partial charge >= 0.3 is 5.97 Å². The summed E-state index contributed by atoms with van der Waals surface area (Å²) in [4.78, 5) is 62.2. The number of amides is 4. The van der Waals surface area contributed by atoms with Crippen LogP contribution in [0.25, 0.3) is 0 Å². The third kappa shape index (κ3) is 8.94. The van der Waals surface area contributed by atoms with Crippen LogP contribution in [-0.2, 0) is 24.0 Å². The molecule has 13 heteroatoms. The molecule has 5 unspecified atom stereocenters. The predicted molar refractivity (Wildman–Crippen MR) is 117 cm³/mol. The second-order valence-corrected chi connectivity index (χ2v) is 8.21. The van der Waals surface area contributed by atoms with Crippen LogP contribution in [0.4, 0.5) is 0 Å². The number of hydrogen-bond acceptors (Lipinski definition) is 8. The van der Waals surface area contributed by atoms with E-state index in [1.807, 2.05) is 0 Å². The second kappa shape index (κ2) is 13.7. The topological polar surface area (TPSA) is 231 Å². The summed E-state index contributed by atoms with van der Waals surface area (Å²) in [6, 6.07) is -4.53. The summed E-state index contributed by atoms with van der Waals surface area (Å²) in [5.41, 5.74) is 16.5. The van der Waals surface area contributed by atoms with Crippen LogP contribution in [0.5, 0.6) is 0 Å². The summed E-state index contributed by atoms with van der Waals surface area (Å²) < 4.78 is 0. The van der Waals surface area contributed by atoms with Gasteiger partial charge in [0.15, 0.2) is 6.04 Å². The van der Waals surface area contributed by atoms with Crippen LogP contribution in [-0.4, -0.2) is 88.1 Å². The molecule has 1 rings (SSSR count). The van der Waals surface area contributed by atoms with Crippen LogP contribution in [0.1, 0.15) is 51.9 Å². The van der Waals surface area contributed by atoms with Gasteiger partial charge in [-0.3, -0.25) is 19.2 Å². The number of carbonyl (C=O) groups is 5. The molecule has 1 heterocycles. The number of hydrogen-bond donors (Lipinski definition) is 7. The number of nitrogens with zero attached hydrogens (tertiary/aromatic N) is 1. The van der Waals surface area contributed by atoms with Crippen molar-refractivity contribution >= 4 is 29.6 Å². The highest BCUT2D eigenvalue weighted by molar-refractivity contribution is 5.94. The van der Waals surface area contributed by atoms with Gasteiger partial charge in [0.25, 0.3) is 0 Å². The molecule has 0 radical (unpaired) electrons. The fourth-order valence-corrected chi connectivity index (χ4v) is 3.60. The molecule has 188 valence electrons. The van der Waals surface area contributed by atoms with E-state index in [2.05, 4.69) is 10.6 Å². The SMILES string of the molecule is CC(O)C(NC(=O)C1CCCN1C(=O)C(CCC(N)=O)NC(=O)C(N)CCCCN)C(=O)O. The number of carbonyl (C=O) groups excluding carboxylic acids is 4. The van der Waals surface area contributed by atoms with Gasteiger partial charge in [-0.25, -0.2) is 4.79 Å². The Bertz CT molecular complexity index is 717. The Hall–Kier alpha value is -2.77. The molecular formula is C20H36N6O7. The lowest BCUT2D eigenvalue weighted by Crippen LogP contribution is -2.58. The number of primary amides is 1. The van der Waals surface area contributed by atoms with Gasteiger partial charge in [-0.15, -0.1) is 0 Å². The molecule has 13 nitrogen and oxygen atoms in total. The summed E-state index contributed by atoms with van der Waals surface area (Å²) in [6.45, 7) is 1.89. The van der Waals surface area contributed by atoms with Crippen molar-refractivity contribution in [2.75, 3.05) is 13.1 Å². The minimum Gasteiger partial charge on any atom is -0.480 e. The highest BCUT2D eigenvalue weighted by atomic mass is 16.4. The molecule has 0 aromatic rings. The van der Waals surface area contributed by atoms with Crippen LogP contribution < -0.4 is 27.8 Å². The third-order valence-corrected chi connectivity index (χ3v) is 5.48. The van der Waals surface area contributed by atoms with Crippen LogP contribution in [0.15, 0.2) is 0 Å². The van der Waals surface area contributed by atoms with E-state index >= 15 is 0 Å². The normalized spacial score (nSPS) is 19.3. The summed E-state index contributed by atoms with van der Waals surface area (Å²) >= 11 is 0. The smallest absolute Gasteiger partial charge is 0.328 e. The summed E-state index contributed by atoms with van der Waals surface area (Å²) in [7, 11) is 0. The van der Waals surface area contributed by atoms with Crippen molar-refractivity contribution in [2.24, 2.45) is 17.2 Å². The maximum Gasteiger partial charge on any atom is 0.328 e.